The molecule has 3 nitrogen and oxygen atoms in total. The number of hydrogen-bond acceptors (Lipinski definition) is 3. The van der Waals surface area contributed by atoms with Gasteiger partial charge in [0.1, 0.15) is 0 Å². The minimum absolute atomic E-state index is 0.186. The zero-order valence-electron chi connectivity index (χ0n) is 9.79. The van der Waals surface area contributed by atoms with Gasteiger partial charge in [-0.05, 0) is 32.4 Å². The van der Waals surface area contributed by atoms with Gasteiger partial charge in [-0.2, -0.15) is 0 Å². The van der Waals surface area contributed by atoms with E-state index < -0.39 is 0 Å². The van der Waals surface area contributed by atoms with Gasteiger partial charge < -0.3 is 4.74 Å². The maximum absolute atomic E-state index is 11.3. The zero-order valence-corrected chi connectivity index (χ0v) is 9.79. The Morgan fingerprint density at radius 1 is 1.33 bits per heavy atom. The third-order valence-corrected chi connectivity index (χ3v) is 2.87. The van der Waals surface area contributed by atoms with Gasteiger partial charge in [-0.25, -0.2) is 4.79 Å². The average molecular weight is 211 g/mol. The molecule has 1 fully saturated rings. The molecule has 0 aromatic rings. The van der Waals surface area contributed by atoms with E-state index in [9.17, 15) is 4.79 Å². The molecule has 0 aromatic heterocycles. The first kappa shape index (κ1) is 12.2. The van der Waals surface area contributed by atoms with Crippen LogP contribution in [-0.4, -0.2) is 37.6 Å². The Bertz CT molecular complexity index is 230. The Balaban J connectivity index is 2.41. The maximum Gasteiger partial charge on any atom is 0.333 e. The Morgan fingerprint density at radius 3 is 2.53 bits per heavy atom. The van der Waals surface area contributed by atoms with E-state index in [0.29, 0.717) is 0 Å². The molecular formula is C12H21NO2. The van der Waals surface area contributed by atoms with E-state index >= 15 is 0 Å². The van der Waals surface area contributed by atoms with Crippen molar-refractivity contribution in [2.24, 2.45) is 0 Å². The number of piperidine rings is 1. The van der Waals surface area contributed by atoms with E-state index in [4.69, 9.17) is 4.74 Å². The summed E-state index contributed by atoms with van der Waals surface area (Å²) in [7, 11) is 1.44. The predicted octanol–water partition coefficient (Wildman–Crippen LogP) is 1.98. The van der Waals surface area contributed by atoms with Crippen LogP contribution in [0.4, 0.5) is 0 Å². The minimum atomic E-state index is -0.186. The lowest BCUT2D eigenvalue weighted by Crippen LogP contribution is -2.30. The van der Waals surface area contributed by atoms with Crippen LogP contribution in [0.25, 0.3) is 0 Å². The molecule has 86 valence electrons. The van der Waals surface area contributed by atoms with Crippen molar-refractivity contribution in [2.45, 2.75) is 32.6 Å². The number of ether oxygens (including phenoxy) is 1. The summed E-state index contributed by atoms with van der Waals surface area (Å²) in [4.78, 5) is 13.7. The normalized spacial score (nSPS) is 18.9. The van der Waals surface area contributed by atoms with Crippen LogP contribution in [0.2, 0.25) is 0 Å². The summed E-state index contributed by atoms with van der Waals surface area (Å²) >= 11 is 0. The Hall–Kier alpha value is -0.830. The lowest BCUT2D eigenvalue weighted by molar-refractivity contribution is -0.136. The number of likely N-dealkylation sites (tertiary alicyclic amines) is 1. The van der Waals surface area contributed by atoms with E-state index in [1.807, 2.05) is 13.0 Å². The van der Waals surface area contributed by atoms with Crippen LogP contribution in [0.1, 0.15) is 32.6 Å². The summed E-state index contributed by atoms with van der Waals surface area (Å²) in [6.45, 7) is 5.20. The molecule has 0 aromatic carbocycles. The van der Waals surface area contributed by atoms with Crippen molar-refractivity contribution < 1.29 is 9.53 Å². The predicted molar refractivity (Wildman–Crippen MR) is 60.7 cm³/mol. The summed E-state index contributed by atoms with van der Waals surface area (Å²) in [6.07, 6.45) is 6.68. The van der Waals surface area contributed by atoms with Crippen molar-refractivity contribution in [1.29, 1.82) is 0 Å². The van der Waals surface area contributed by atoms with Crippen molar-refractivity contribution in [2.75, 3.05) is 26.7 Å². The smallest absolute Gasteiger partial charge is 0.333 e. The number of methoxy groups -OCH3 is 1. The van der Waals surface area contributed by atoms with Crippen LogP contribution in [0.15, 0.2) is 11.6 Å². The molecule has 1 aliphatic heterocycles. The summed E-state index contributed by atoms with van der Waals surface area (Å²) < 4.78 is 4.72. The average Bonchev–Trinajstić information content (AvgIpc) is 2.31. The monoisotopic (exact) mass is 211 g/mol. The highest BCUT2D eigenvalue weighted by atomic mass is 16.5. The molecule has 0 atom stereocenters. The fraction of sp³-hybridized carbons (Fsp3) is 0.750. The summed E-state index contributed by atoms with van der Waals surface area (Å²) in [5.41, 5.74) is 0.795. The quantitative estimate of drug-likeness (QED) is 0.526. The second-order valence-electron chi connectivity index (χ2n) is 3.94. The number of rotatable bonds is 4. The van der Waals surface area contributed by atoms with Gasteiger partial charge in [-0.1, -0.05) is 19.4 Å². The molecule has 0 saturated carbocycles. The fourth-order valence-electron chi connectivity index (χ4n) is 1.88. The first-order valence-electron chi connectivity index (χ1n) is 5.77. The van der Waals surface area contributed by atoms with Gasteiger partial charge >= 0.3 is 5.97 Å². The van der Waals surface area contributed by atoms with E-state index in [1.54, 1.807) is 0 Å². The van der Waals surface area contributed by atoms with Crippen molar-refractivity contribution in [3.05, 3.63) is 11.6 Å². The Labute approximate surface area is 92.1 Å². The summed E-state index contributed by atoms with van der Waals surface area (Å²) in [5.74, 6) is -0.186. The van der Waals surface area contributed by atoms with Gasteiger partial charge in [0.25, 0.3) is 0 Å². The topological polar surface area (TPSA) is 29.5 Å². The molecule has 0 amide bonds. The third-order valence-electron chi connectivity index (χ3n) is 2.87. The number of hydrogen-bond donors (Lipinski definition) is 0. The summed E-state index contributed by atoms with van der Waals surface area (Å²) in [6, 6.07) is 0. The standard InChI is InChI=1S/C12H21NO2/c1-3-11(12(14)15-2)7-10-13-8-5-4-6-9-13/h7H,3-6,8-10H2,1-2H3. The van der Waals surface area contributed by atoms with Crippen molar-refractivity contribution in [3.63, 3.8) is 0 Å². The molecule has 0 spiro atoms. The first-order chi connectivity index (χ1) is 7.27. The fourth-order valence-corrected chi connectivity index (χ4v) is 1.88. The molecule has 1 saturated heterocycles. The molecule has 3 heteroatoms. The van der Waals surface area contributed by atoms with E-state index in [2.05, 4.69) is 4.90 Å². The van der Waals surface area contributed by atoms with Crippen LogP contribution < -0.4 is 0 Å². The Kier molecular flexibility index (Phi) is 5.40. The van der Waals surface area contributed by atoms with Crippen molar-refractivity contribution in [3.8, 4) is 0 Å². The first-order valence-corrected chi connectivity index (χ1v) is 5.77. The van der Waals surface area contributed by atoms with E-state index in [1.165, 1.54) is 26.4 Å². The SMILES string of the molecule is CCC(=CCN1CCCCC1)C(=O)OC. The number of carbonyl (C=O) groups excluding carboxylic acids is 1. The maximum atomic E-state index is 11.3. The second-order valence-corrected chi connectivity index (χ2v) is 3.94. The van der Waals surface area contributed by atoms with Crippen LogP contribution >= 0.6 is 0 Å². The largest absolute Gasteiger partial charge is 0.466 e. The molecule has 0 unspecified atom stereocenters. The van der Waals surface area contributed by atoms with Gasteiger partial charge in [-0.3, -0.25) is 4.90 Å². The van der Waals surface area contributed by atoms with Crippen LogP contribution in [0.3, 0.4) is 0 Å². The van der Waals surface area contributed by atoms with Crippen molar-refractivity contribution >= 4 is 5.97 Å². The van der Waals surface area contributed by atoms with E-state index in [-0.39, 0.29) is 5.97 Å². The Morgan fingerprint density at radius 2 is 2.00 bits per heavy atom. The highest BCUT2D eigenvalue weighted by Crippen LogP contribution is 2.10. The highest BCUT2D eigenvalue weighted by molar-refractivity contribution is 5.88. The third kappa shape index (κ3) is 4.04. The van der Waals surface area contributed by atoms with Crippen LogP contribution in [0, 0.1) is 0 Å². The molecule has 1 aliphatic rings. The molecule has 0 aliphatic carbocycles. The van der Waals surface area contributed by atoms with Gasteiger partial charge in [0.15, 0.2) is 0 Å². The molecule has 0 radical (unpaired) electrons. The van der Waals surface area contributed by atoms with Crippen LogP contribution in [-0.2, 0) is 9.53 Å². The minimum Gasteiger partial charge on any atom is -0.466 e. The number of nitrogens with zero attached hydrogens (tertiary/aromatic N) is 1. The van der Waals surface area contributed by atoms with E-state index in [0.717, 1.165) is 31.6 Å². The van der Waals surface area contributed by atoms with Gasteiger partial charge in [0, 0.05) is 12.1 Å². The second kappa shape index (κ2) is 6.62. The molecule has 1 heterocycles. The van der Waals surface area contributed by atoms with Crippen LogP contribution in [0.5, 0.6) is 0 Å². The number of esters is 1. The molecular weight excluding hydrogens is 190 g/mol. The molecule has 0 bridgehead atoms. The lowest BCUT2D eigenvalue weighted by atomic mass is 10.1. The van der Waals surface area contributed by atoms with Gasteiger partial charge in [0.2, 0.25) is 0 Å². The van der Waals surface area contributed by atoms with Gasteiger partial charge in [0.05, 0.1) is 7.11 Å². The summed E-state index contributed by atoms with van der Waals surface area (Å²) in [5, 5.41) is 0. The van der Waals surface area contributed by atoms with Crippen molar-refractivity contribution in [1.82, 2.24) is 4.90 Å². The highest BCUT2D eigenvalue weighted by Gasteiger charge is 2.10. The lowest BCUT2D eigenvalue weighted by Gasteiger charge is -2.25. The molecule has 15 heavy (non-hydrogen) atoms. The molecule has 0 N–H and O–H groups in total. The zero-order chi connectivity index (χ0) is 11.1. The molecule has 1 rings (SSSR count). The number of carbonyl (C=O) groups is 1. The van der Waals surface area contributed by atoms with Gasteiger partial charge in [-0.15, -0.1) is 0 Å².